The third-order valence-electron chi connectivity index (χ3n) is 3.10. The summed E-state index contributed by atoms with van der Waals surface area (Å²) in [7, 11) is 0. The molecule has 2 nitrogen and oxygen atoms in total. The topological polar surface area (TPSA) is 37.3 Å². The molecule has 86 valence electrons. The molecule has 0 aliphatic heterocycles. The maximum atomic E-state index is 13.6. The van der Waals surface area contributed by atoms with Gasteiger partial charge in [0.15, 0.2) is 0 Å². The lowest BCUT2D eigenvalue weighted by atomic mass is 9.64. The Morgan fingerprint density at radius 1 is 1.31 bits per heavy atom. The van der Waals surface area contributed by atoms with Gasteiger partial charge in [-0.25, -0.2) is 8.78 Å². The summed E-state index contributed by atoms with van der Waals surface area (Å²) in [6.45, 7) is 0. The summed E-state index contributed by atoms with van der Waals surface area (Å²) in [4.78, 5) is 11.1. The molecule has 0 spiro atoms. The fourth-order valence-electron chi connectivity index (χ4n) is 2.10. The van der Waals surface area contributed by atoms with E-state index < -0.39 is 23.0 Å². The molecule has 0 amide bonds. The minimum Gasteiger partial charge on any atom is -0.481 e. The van der Waals surface area contributed by atoms with Crippen molar-refractivity contribution in [3.63, 3.8) is 0 Å². The van der Waals surface area contributed by atoms with Crippen molar-refractivity contribution in [2.24, 2.45) is 0 Å². The second-order valence-electron chi connectivity index (χ2n) is 3.99. The summed E-state index contributed by atoms with van der Waals surface area (Å²) in [5.41, 5.74) is -1.77. The van der Waals surface area contributed by atoms with E-state index >= 15 is 0 Å². The van der Waals surface area contributed by atoms with Crippen molar-refractivity contribution in [3.8, 4) is 0 Å². The highest BCUT2D eigenvalue weighted by Gasteiger charge is 2.49. The first-order chi connectivity index (χ1) is 7.47. The standard InChI is InChI=1S/C11H9ClF2O2/c12-6-4-7(13)9(8(14)5-6)11(10(15)16)2-1-3-11/h4-5H,1-3H2,(H,15,16). The molecular weight excluding hydrogens is 238 g/mol. The zero-order chi connectivity index (χ0) is 11.9. The fraction of sp³-hybridized carbons (Fsp3) is 0.364. The molecule has 1 aromatic carbocycles. The number of halogens is 3. The second-order valence-corrected chi connectivity index (χ2v) is 4.42. The first-order valence-corrected chi connectivity index (χ1v) is 5.23. The van der Waals surface area contributed by atoms with E-state index in [9.17, 15) is 13.6 Å². The van der Waals surface area contributed by atoms with Crippen LogP contribution in [0.5, 0.6) is 0 Å². The smallest absolute Gasteiger partial charge is 0.314 e. The van der Waals surface area contributed by atoms with E-state index in [1.165, 1.54) is 0 Å². The molecule has 0 bridgehead atoms. The summed E-state index contributed by atoms with van der Waals surface area (Å²) in [5, 5.41) is 9.02. The molecule has 2 rings (SSSR count). The summed E-state index contributed by atoms with van der Waals surface area (Å²) >= 11 is 5.49. The number of benzene rings is 1. The van der Waals surface area contributed by atoms with Gasteiger partial charge < -0.3 is 5.11 Å². The molecular formula is C11H9ClF2O2. The van der Waals surface area contributed by atoms with Gasteiger partial charge in [-0.1, -0.05) is 18.0 Å². The number of carboxylic acid groups (broad SMARTS) is 1. The maximum absolute atomic E-state index is 13.6. The minimum absolute atomic E-state index is 0.0707. The van der Waals surface area contributed by atoms with Crippen molar-refractivity contribution in [3.05, 3.63) is 34.4 Å². The zero-order valence-corrected chi connectivity index (χ0v) is 9.02. The van der Waals surface area contributed by atoms with Crippen molar-refractivity contribution >= 4 is 17.6 Å². The Hall–Kier alpha value is -1.16. The van der Waals surface area contributed by atoms with Crippen LogP contribution in [0.2, 0.25) is 5.02 Å². The lowest BCUT2D eigenvalue weighted by Crippen LogP contribution is -2.43. The summed E-state index contributed by atoms with van der Waals surface area (Å²) in [6.07, 6.45) is 1.18. The third kappa shape index (κ3) is 1.48. The van der Waals surface area contributed by atoms with Gasteiger partial charge in [0.05, 0.1) is 5.41 Å². The van der Waals surface area contributed by atoms with Crippen molar-refractivity contribution in [1.82, 2.24) is 0 Å². The lowest BCUT2D eigenvalue weighted by Gasteiger charge is -2.38. The van der Waals surface area contributed by atoms with Gasteiger partial charge in [-0.15, -0.1) is 0 Å². The van der Waals surface area contributed by atoms with Crippen LogP contribution in [0.4, 0.5) is 8.78 Å². The predicted molar refractivity (Wildman–Crippen MR) is 54.5 cm³/mol. The van der Waals surface area contributed by atoms with E-state index in [-0.39, 0.29) is 23.4 Å². The number of hydrogen-bond donors (Lipinski definition) is 1. The van der Waals surface area contributed by atoms with Crippen LogP contribution in [0, 0.1) is 11.6 Å². The highest BCUT2D eigenvalue weighted by Crippen LogP contribution is 2.46. The van der Waals surface area contributed by atoms with Crippen LogP contribution < -0.4 is 0 Å². The van der Waals surface area contributed by atoms with Crippen LogP contribution in [0.25, 0.3) is 0 Å². The van der Waals surface area contributed by atoms with E-state index in [0.717, 1.165) is 12.1 Å². The molecule has 1 aromatic rings. The van der Waals surface area contributed by atoms with E-state index in [0.29, 0.717) is 6.42 Å². The molecule has 1 aliphatic carbocycles. The van der Waals surface area contributed by atoms with Gasteiger partial charge in [-0.3, -0.25) is 4.79 Å². The first kappa shape index (κ1) is 11.3. The minimum atomic E-state index is -1.40. The quantitative estimate of drug-likeness (QED) is 0.871. The second kappa shape index (κ2) is 3.70. The summed E-state index contributed by atoms with van der Waals surface area (Å²) in [5.74, 6) is -2.95. The number of carbonyl (C=O) groups is 1. The average molecular weight is 247 g/mol. The largest absolute Gasteiger partial charge is 0.481 e. The van der Waals surface area contributed by atoms with Crippen molar-refractivity contribution in [2.75, 3.05) is 0 Å². The Kier molecular flexibility index (Phi) is 2.62. The van der Waals surface area contributed by atoms with Gasteiger partial charge >= 0.3 is 5.97 Å². The highest BCUT2D eigenvalue weighted by molar-refractivity contribution is 6.30. The summed E-state index contributed by atoms with van der Waals surface area (Å²) in [6, 6.07) is 1.89. The zero-order valence-electron chi connectivity index (χ0n) is 8.27. The molecule has 1 fully saturated rings. The van der Waals surface area contributed by atoms with Crippen LogP contribution in [0.1, 0.15) is 24.8 Å². The Labute approximate surface area is 95.8 Å². The van der Waals surface area contributed by atoms with Gasteiger partial charge in [0.2, 0.25) is 0 Å². The number of hydrogen-bond acceptors (Lipinski definition) is 1. The molecule has 16 heavy (non-hydrogen) atoms. The van der Waals surface area contributed by atoms with Crippen LogP contribution in [-0.4, -0.2) is 11.1 Å². The Morgan fingerprint density at radius 2 is 1.81 bits per heavy atom. The van der Waals surface area contributed by atoms with E-state index in [1.54, 1.807) is 0 Å². The molecule has 1 saturated carbocycles. The highest BCUT2D eigenvalue weighted by atomic mass is 35.5. The Balaban J connectivity index is 2.59. The molecule has 0 atom stereocenters. The van der Waals surface area contributed by atoms with E-state index in [1.807, 2.05) is 0 Å². The monoisotopic (exact) mass is 246 g/mol. The van der Waals surface area contributed by atoms with Crippen molar-refractivity contribution < 1.29 is 18.7 Å². The molecule has 0 radical (unpaired) electrons. The van der Waals surface area contributed by atoms with Crippen molar-refractivity contribution in [1.29, 1.82) is 0 Å². The molecule has 1 N–H and O–H groups in total. The third-order valence-corrected chi connectivity index (χ3v) is 3.32. The van der Waals surface area contributed by atoms with Gasteiger partial charge in [0.1, 0.15) is 11.6 Å². The molecule has 5 heteroatoms. The van der Waals surface area contributed by atoms with Crippen molar-refractivity contribution in [2.45, 2.75) is 24.7 Å². The molecule has 1 aliphatic rings. The lowest BCUT2D eigenvalue weighted by molar-refractivity contribution is -0.147. The first-order valence-electron chi connectivity index (χ1n) is 4.86. The average Bonchev–Trinajstić information content (AvgIpc) is 2.06. The van der Waals surface area contributed by atoms with Crippen LogP contribution >= 0.6 is 11.6 Å². The van der Waals surface area contributed by atoms with Gasteiger partial charge in [0, 0.05) is 10.6 Å². The predicted octanol–water partition coefficient (Wildman–Crippen LogP) is 3.12. The van der Waals surface area contributed by atoms with Crippen LogP contribution in [0.3, 0.4) is 0 Å². The Bertz CT molecular complexity index is 432. The van der Waals surface area contributed by atoms with E-state index in [2.05, 4.69) is 0 Å². The maximum Gasteiger partial charge on any atom is 0.314 e. The molecule has 0 unspecified atom stereocenters. The van der Waals surface area contributed by atoms with Crippen LogP contribution in [-0.2, 0) is 10.2 Å². The fourth-order valence-corrected chi connectivity index (χ4v) is 2.29. The van der Waals surface area contributed by atoms with Gasteiger partial charge in [-0.05, 0) is 25.0 Å². The van der Waals surface area contributed by atoms with Gasteiger partial charge in [0.25, 0.3) is 0 Å². The molecule has 0 aromatic heterocycles. The summed E-state index contributed by atoms with van der Waals surface area (Å²) < 4.78 is 27.2. The van der Waals surface area contributed by atoms with Gasteiger partial charge in [-0.2, -0.15) is 0 Å². The normalized spacial score (nSPS) is 17.9. The van der Waals surface area contributed by atoms with Crippen LogP contribution in [0.15, 0.2) is 12.1 Å². The SMILES string of the molecule is O=C(O)C1(c2c(F)cc(Cl)cc2F)CCC1. The number of rotatable bonds is 2. The number of carboxylic acids is 1. The molecule has 0 heterocycles. The number of aliphatic carboxylic acids is 1. The van der Waals surface area contributed by atoms with E-state index in [4.69, 9.17) is 16.7 Å². The molecule has 0 saturated heterocycles. The Morgan fingerprint density at radius 3 is 2.12 bits per heavy atom.